The van der Waals surface area contributed by atoms with Gasteiger partial charge in [0.25, 0.3) is 0 Å². The summed E-state index contributed by atoms with van der Waals surface area (Å²) in [6.45, 7) is 11.9. The van der Waals surface area contributed by atoms with E-state index in [1.807, 2.05) is 4.90 Å². The van der Waals surface area contributed by atoms with Crippen molar-refractivity contribution in [2.75, 3.05) is 0 Å². The fourth-order valence-electron chi connectivity index (χ4n) is 1.77. The minimum absolute atomic E-state index is 0.156. The minimum Gasteiger partial charge on any atom is -0.309 e. The molecule has 0 radical (unpaired) electrons. The van der Waals surface area contributed by atoms with E-state index in [0.29, 0.717) is 12.5 Å². The molecule has 0 aliphatic carbocycles. The van der Waals surface area contributed by atoms with Crippen LogP contribution in [0.3, 0.4) is 0 Å². The highest BCUT2D eigenvalue weighted by Gasteiger charge is 2.31. The van der Waals surface area contributed by atoms with Gasteiger partial charge in [0.15, 0.2) is 0 Å². The van der Waals surface area contributed by atoms with Crippen molar-refractivity contribution in [2.24, 2.45) is 0 Å². The minimum atomic E-state index is 0.156. The number of allylic oxidation sites excluding steroid dienone is 1. The van der Waals surface area contributed by atoms with E-state index in [0.717, 1.165) is 24.1 Å². The smallest absolute Gasteiger partial charge is 0.231 e. The number of rotatable bonds is 3. The molecule has 13 heavy (non-hydrogen) atoms. The maximum atomic E-state index is 11.6. The Balaban J connectivity index is 2.84. The van der Waals surface area contributed by atoms with Gasteiger partial charge in [0.05, 0.1) is 6.42 Å². The lowest BCUT2D eigenvalue weighted by Gasteiger charge is -2.26. The zero-order valence-electron chi connectivity index (χ0n) is 8.47. The first-order valence-electron chi connectivity index (χ1n) is 4.80. The highest BCUT2D eigenvalue weighted by Crippen LogP contribution is 2.29. The van der Waals surface area contributed by atoms with E-state index >= 15 is 0 Å². The van der Waals surface area contributed by atoms with Gasteiger partial charge in [0.1, 0.15) is 0 Å². The van der Waals surface area contributed by atoms with E-state index in [2.05, 4.69) is 27.0 Å². The number of carbonyl (C=O) groups is 1. The fraction of sp³-hybridized carbons (Fsp3) is 0.545. The van der Waals surface area contributed by atoms with Gasteiger partial charge < -0.3 is 4.90 Å². The molecule has 1 rings (SSSR count). The van der Waals surface area contributed by atoms with E-state index < -0.39 is 0 Å². The van der Waals surface area contributed by atoms with Crippen LogP contribution in [0.15, 0.2) is 24.4 Å². The van der Waals surface area contributed by atoms with Crippen LogP contribution in [-0.4, -0.2) is 16.8 Å². The van der Waals surface area contributed by atoms with Crippen molar-refractivity contribution in [3.63, 3.8) is 0 Å². The molecule has 0 N–H and O–H groups in total. The molecule has 1 amide bonds. The average molecular weight is 179 g/mol. The van der Waals surface area contributed by atoms with Gasteiger partial charge in [-0.15, -0.1) is 0 Å². The van der Waals surface area contributed by atoms with Crippen LogP contribution in [0.1, 0.15) is 33.1 Å². The quantitative estimate of drug-likeness (QED) is 0.651. The topological polar surface area (TPSA) is 20.3 Å². The summed E-state index contributed by atoms with van der Waals surface area (Å²) in [7, 11) is 0. The summed E-state index contributed by atoms with van der Waals surface area (Å²) in [6, 6.07) is 0.305. The van der Waals surface area contributed by atoms with Crippen LogP contribution < -0.4 is 0 Å². The molecule has 1 aliphatic rings. The highest BCUT2D eigenvalue weighted by atomic mass is 16.2. The summed E-state index contributed by atoms with van der Waals surface area (Å²) in [6.07, 6.45) is 2.42. The molecule has 1 heterocycles. The highest BCUT2D eigenvalue weighted by molar-refractivity contribution is 5.86. The number of nitrogens with zero attached hydrogens (tertiary/aromatic N) is 1. The van der Waals surface area contributed by atoms with Crippen LogP contribution in [0, 0.1) is 0 Å². The van der Waals surface area contributed by atoms with Gasteiger partial charge in [-0.25, -0.2) is 0 Å². The monoisotopic (exact) mass is 179 g/mol. The average Bonchev–Trinajstić information content (AvgIpc) is 2.34. The molecular formula is C11H17NO. The standard InChI is InChI=1S/C11H17NO/c1-5-10(6-2)12-9(4)8(3)7-11(12)13/h10H,3-7H2,1-2H3. The van der Waals surface area contributed by atoms with E-state index in [1.165, 1.54) is 0 Å². The zero-order chi connectivity index (χ0) is 10.0. The molecule has 0 aromatic rings. The summed E-state index contributed by atoms with van der Waals surface area (Å²) in [5.41, 5.74) is 1.69. The van der Waals surface area contributed by atoms with E-state index in [4.69, 9.17) is 0 Å². The van der Waals surface area contributed by atoms with Gasteiger partial charge in [-0.3, -0.25) is 4.79 Å². The second kappa shape index (κ2) is 3.77. The fourth-order valence-corrected chi connectivity index (χ4v) is 1.77. The first-order valence-corrected chi connectivity index (χ1v) is 4.80. The Bertz CT molecular complexity index is 251. The summed E-state index contributed by atoms with van der Waals surface area (Å²) in [5, 5.41) is 0. The van der Waals surface area contributed by atoms with Gasteiger partial charge in [0, 0.05) is 11.7 Å². The molecule has 0 unspecified atom stereocenters. The largest absolute Gasteiger partial charge is 0.309 e. The Morgan fingerprint density at radius 3 is 2.23 bits per heavy atom. The van der Waals surface area contributed by atoms with Crippen molar-refractivity contribution in [2.45, 2.75) is 39.2 Å². The van der Waals surface area contributed by atoms with Crippen molar-refractivity contribution < 1.29 is 4.79 Å². The molecule has 0 aromatic heterocycles. The molecule has 2 nitrogen and oxygen atoms in total. The van der Waals surface area contributed by atoms with Gasteiger partial charge in [-0.1, -0.05) is 27.0 Å². The Morgan fingerprint density at radius 1 is 1.38 bits per heavy atom. The van der Waals surface area contributed by atoms with Crippen LogP contribution >= 0.6 is 0 Å². The van der Waals surface area contributed by atoms with Crippen molar-refractivity contribution in [3.8, 4) is 0 Å². The molecule has 72 valence electrons. The Morgan fingerprint density at radius 2 is 1.92 bits per heavy atom. The summed E-state index contributed by atoms with van der Waals surface area (Å²) < 4.78 is 0. The number of hydrogen-bond donors (Lipinski definition) is 0. The molecule has 0 aromatic carbocycles. The van der Waals surface area contributed by atoms with Gasteiger partial charge in [-0.05, 0) is 18.4 Å². The molecule has 1 saturated heterocycles. The number of carbonyl (C=O) groups excluding carboxylic acids is 1. The maximum absolute atomic E-state index is 11.6. The lowest BCUT2D eigenvalue weighted by molar-refractivity contribution is -0.128. The predicted octanol–water partition coefficient (Wildman–Crippen LogP) is 2.48. The van der Waals surface area contributed by atoms with E-state index in [-0.39, 0.29) is 5.91 Å². The molecular weight excluding hydrogens is 162 g/mol. The summed E-state index contributed by atoms with van der Waals surface area (Å²) in [4.78, 5) is 13.4. The van der Waals surface area contributed by atoms with Crippen molar-refractivity contribution in [3.05, 3.63) is 24.4 Å². The predicted molar refractivity (Wildman–Crippen MR) is 54.1 cm³/mol. The maximum Gasteiger partial charge on any atom is 0.231 e. The normalized spacial score (nSPS) is 17.8. The van der Waals surface area contributed by atoms with Crippen molar-refractivity contribution in [1.29, 1.82) is 0 Å². The first kappa shape index (κ1) is 10.0. The van der Waals surface area contributed by atoms with E-state index in [1.54, 1.807) is 0 Å². The molecule has 1 fully saturated rings. The van der Waals surface area contributed by atoms with Gasteiger partial charge in [0.2, 0.25) is 5.91 Å². The Hall–Kier alpha value is -1.05. The number of likely N-dealkylation sites (tertiary alicyclic amines) is 1. The van der Waals surface area contributed by atoms with Crippen LogP contribution in [0.5, 0.6) is 0 Å². The van der Waals surface area contributed by atoms with Crippen molar-refractivity contribution >= 4 is 5.91 Å². The third kappa shape index (κ3) is 1.67. The van der Waals surface area contributed by atoms with E-state index in [9.17, 15) is 4.79 Å². The SMILES string of the molecule is C=C1CC(=O)N(C(CC)CC)C1=C. The molecule has 1 aliphatic heterocycles. The second-order valence-corrected chi connectivity index (χ2v) is 3.46. The van der Waals surface area contributed by atoms with Crippen LogP contribution in [0.4, 0.5) is 0 Å². The first-order chi connectivity index (χ1) is 6.11. The van der Waals surface area contributed by atoms with Crippen molar-refractivity contribution in [1.82, 2.24) is 4.90 Å². The van der Waals surface area contributed by atoms with Gasteiger partial charge >= 0.3 is 0 Å². The molecule has 2 heteroatoms. The summed E-state index contributed by atoms with van der Waals surface area (Å²) >= 11 is 0. The molecule has 0 bridgehead atoms. The molecule has 0 saturated carbocycles. The second-order valence-electron chi connectivity index (χ2n) is 3.46. The number of hydrogen-bond acceptors (Lipinski definition) is 1. The lowest BCUT2D eigenvalue weighted by Crippen LogP contribution is -2.33. The molecule has 0 spiro atoms. The Kier molecular flexibility index (Phi) is 2.91. The van der Waals surface area contributed by atoms with Crippen LogP contribution in [-0.2, 0) is 4.79 Å². The third-order valence-corrected chi connectivity index (χ3v) is 2.64. The van der Waals surface area contributed by atoms with Crippen LogP contribution in [0.2, 0.25) is 0 Å². The Labute approximate surface area is 79.9 Å². The lowest BCUT2D eigenvalue weighted by atomic mass is 10.1. The zero-order valence-corrected chi connectivity index (χ0v) is 8.47. The van der Waals surface area contributed by atoms with Crippen LogP contribution in [0.25, 0.3) is 0 Å². The third-order valence-electron chi connectivity index (χ3n) is 2.64. The van der Waals surface area contributed by atoms with Gasteiger partial charge in [-0.2, -0.15) is 0 Å². The number of amides is 1. The summed E-state index contributed by atoms with van der Waals surface area (Å²) in [5.74, 6) is 0.156. The molecule has 0 atom stereocenters.